The molecule has 0 saturated heterocycles. The van der Waals surface area contributed by atoms with E-state index in [0.717, 1.165) is 34.7 Å². The molecule has 1 heterocycles. The number of hydrogen-bond donors (Lipinski definition) is 2. The van der Waals surface area contributed by atoms with Crippen LogP contribution in [0.2, 0.25) is 0 Å². The predicted octanol–water partition coefficient (Wildman–Crippen LogP) is 2.92. The lowest BCUT2D eigenvalue weighted by Crippen LogP contribution is -2.22. The third-order valence-electron chi connectivity index (χ3n) is 3.75. The Bertz CT molecular complexity index is 746. The van der Waals surface area contributed by atoms with E-state index in [9.17, 15) is 0 Å². The van der Waals surface area contributed by atoms with E-state index in [1.54, 1.807) is 7.11 Å². The molecule has 0 atom stereocenters. The molecule has 3 N–H and O–H groups in total. The van der Waals surface area contributed by atoms with E-state index in [1.807, 2.05) is 36.4 Å². The largest absolute Gasteiger partial charge is 0.490 e. The fourth-order valence-corrected chi connectivity index (χ4v) is 2.59. The van der Waals surface area contributed by atoms with Gasteiger partial charge in [-0.2, -0.15) is 0 Å². The van der Waals surface area contributed by atoms with E-state index < -0.39 is 0 Å². The summed E-state index contributed by atoms with van der Waals surface area (Å²) in [5, 5.41) is 3.09. The quantitative estimate of drug-likeness (QED) is 0.646. The zero-order chi connectivity index (χ0) is 17.5. The highest BCUT2D eigenvalue weighted by Crippen LogP contribution is 2.32. The Hall–Kier alpha value is -2.73. The average molecular weight is 341 g/mol. The van der Waals surface area contributed by atoms with E-state index >= 15 is 0 Å². The van der Waals surface area contributed by atoms with E-state index in [1.165, 1.54) is 0 Å². The molecule has 0 bridgehead atoms. The average Bonchev–Trinajstić information content (AvgIpc) is 2.86. The van der Waals surface area contributed by atoms with Crippen LogP contribution in [0.15, 0.2) is 47.5 Å². The highest BCUT2D eigenvalue weighted by Gasteiger charge is 2.10. The van der Waals surface area contributed by atoms with Crippen molar-refractivity contribution in [1.82, 2.24) is 0 Å². The Morgan fingerprint density at radius 2 is 1.92 bits per heavy atom. The van der Waals surface area contributed by atoms with Crippen LogP contribution in [0.3, 0.4) is 0 Å². The number of hydrogen-bond acceptors (Lipinski definition) is 4. The number of methoxy groups -OCH3 is 1. The van der Waals surface area contributed by atoms with Crippen LogP contribution in [0, 0.1) is 0 Å². The second-order valence-electron chi connectivity index (χ2n) is 5.79. The first kappa shape index (κ1) is 17.1. The first-order valence-corrected chi connectivity index (χ1v) is 8.28. The summed E-state index contributed by atoms with van der Waals surface area (Å²) in [6.45, 7) is 2.41. The van der Waals surface area contributed by atoms with Gasteiger partial charge in [-0.15, -0.1) is 0 Å². The van der Waals surface area contributed by atoms with Crippen molar-refractivity contribution in [3.8, 4) is 11.5 Å². The number of anilines is 1. The Morgan fingerprint density at radius 1 is 1.12 bits per heavy atom. The third-order valence-corrected chi connectivity index (χ3v) is 3.75. The minimum Gasteiger partial charge on any atom is -0.490 e. The number of nitrogens with zero attached hydrogens (tertiary/aromatic N) is 1. The van der Waals surface area contributed by atoms with Crippen LogP contribution in [0.5, 0.6) is 11.5 Å². The minimum absolute atomic E-state index is 0.353. The number of nitrogens with one attached hydrogen (secondary N) is 1. The summed E-state index contributed by atoms with van der Waals surface area (Å²) < 4.78 is 16.4. The molecule has 3 rings (SSSR count). The summed E-state index contributed by atoms with van der Waals surface area (Å²) in [5.41, 5.74) is 9.01. The highest BCUT2D eigenvalue weighted by atomic mass is 16.5. The summed E-state index contributed by atoms with van der Waals surface area (Å²) >= 11 is 0. The smallest absolute Gasteiger partial charge is 0.193 e. The van der Waals surface area contributed by atoms with Crippen molar-refractivity contribution >= 4 is 11.6 Å². The monoisotopic (exact) mass is 341 g/mol. The van der Waals surface area contributed by atoms with Crippen molar-refractivity contribution in [1.29, 1.82) is 0 Å². The summed E-state index contributed by atoms with van der Waals surface area (Å²) in [4.78, 5) is 4.39. The highest BCUT2D eigenvalue weighted by molar-refractivity contribution is 5.92. The minimum atomic E-state index is 0.353. The van der Waals surface area contributed by atoms with Crippen LogP contribution >= 0.6 is 0 Å². The first-order valence-electron chi connectivity index (χ1n) is 8.28. The van der Waals surface area contributed by atoms with Crippen molar-refractivity contribution in [2.45, 2.75) is 19.6 Å². The molecule has 0 amide bonds. The lowest BCUT2D eigenvalue weighted by atomic mass is 10.1. The van der Waals surface area contributed by atoms with Crippen LogP contribution in [-0.2, 0) is 17.9 Å². The summed E-state index contributed by atoms with van der Waals surface area (Å²) in [6.07, 6.45) is 0.878. The maximum absolute atomic E-state index is 6.00. The van der Waals surface area contributed by atoms with Gasteiger partial charge in [0.25, 0.3) is 0 Å². The number of ether oxygens (including phenoxy) is 3. The van der Waals surface area contributed by atoms with Crippen LogP contribution in [-0.4, -0.2) is 26.3 Å². The van der Waals surface area contributed by atoms with E-state index in [2.05, 4.69) is 16.4 Å². The van der Waals surface area contributed by atoms with Crippen LogP contribution in [0.1, 0.15) is 17.5 Å². The molecular formula is C19H23N3O3. The molecule has 0 radical (unpaired) electrons. The van der Waals surface area contributed by atoms with Gasteiger partial charge in [0, 0.05) is 25.3 Å². The Morgan fingerprint density at radius 3 is 2.76 bits per heavy atom. The molecule has 132 valence electrons. The number of aliphatic imine (C=N–C) groups is 1. The standard InChI is InChI=1S/C19H23N3O3/c1-23-13-15-5-2-4-14(10-15)12-21-19(20)22-16-6-7-17-18(11-16)25-9-3-8-24-17/h2,4-7,10-11H,3,8-9,12-13H2,1H3,(H3,20,21,22). The van der Waals surface area contributed by atoms with Crippen LogP contribution in [0.25, 0.3) is 0 Å². The van der Waals surface area contributed by atoms with Gasteiger partial charge in [0.1, 0.15) is 0 Å². The molecule has 0 aliphatic carbocycles. The fourth-order valence-electron chi connectivity index (χ4n) is 2.59. The van der Waals surface area contributed by atoms with Gasteiger partial charge in [0.2, 0.25) is 0 Å². The van der Waals surface area contributed by atoms with Crippen LogP contribution in [0.4, 0.5) is 5.69 Å². The molecule has 0 fully saturated rings. The molecular weight excluding hydrogens is 318 g/mol. The second-order valence-corrected chi connectivity index (χ2v) is 5.79. The zero-order valence-electron chi connectivity index (χ0n) is 14.3. The van der Waals surface area contributed by atoms with Crippen molar-refractivity contribution in [2.24, 2.45) is 10.7 Å². The molecule has 6 nitrogen and oxygen atoms in total. The normalized spacial score (nSPS) is 14.0. The predicted molar refractivity (Wildman–Crippen MR) is 98.2 cm³/mol. The molecule has 2 aromatic carbocycles. The van der Waals surface area contributed by atoms with Crippen molar-refractivity contribution in [3.05, 3.63) is 53.6 Å². The zero-order valence-corrected chi connectivity index (χ0v) is 14.3. The maximum atomic E-state index is 6.00. The van der Waals surface area contributed by atoms with Gasteiger partial charge in [-0.1, -0.05) is 24.3 Å². The lowest BCUT2D eigenvalue weighted by Gasteiger charge is -2.11. The SMILES string of the molecule is COCc1cccc(CN=C(N)Nc2ccc3c(c2)OCCCO3)c1. The summed E-state index contributed by atoms with van der Waals surface area (Å²) in [7, 11) is 1.68. The number of guanidine groups is 1. The molecule has 1 aliphatic heterocycles. The molecule has 0 saturated carbocycles. The van der Waals surface area contributed by atoms with Gasteiger partial charge in [0.15, 0.2) is 17.5 Å². The van der Waals surface area contributed by atoms with Crippen molar-refractivity contribution in [2.75, 3.05) is 25.6 Å². The van der Waals surface area contributed by atoms with Crippen molar-refractivity contribution in [3.63, 3.8) is 0 Å². The lowest BCUT2D eigenvalue weighted by molar-refractivity contribution is 0.185. The molecule has 0 unspecified atom stereocenters. The van der Waals surface area contributed by atoms with Gasteiger partial charge in [-0.05, 0) is 23.3 Å². The molecule has 25 heavy (non-hydrogen) atoms. The Balaban J connectivity index is 1.63. The molecule has 6 heteroatoms. The number of nitrogens with two attached hydrogens (primary N) is 1. The van der Waals surface area contributed by atoms with Gasteiger partial charge in [-0.3, -0.25) is 0 Å². The van der Waals surface area contributed by atoms with E-state index in [4.69, 9.17) is 19.9 Å². The molecule has 0 spiro atoms. The van der Waals surface area contributed by atoms with Crippen molar-refractivity contribution < 1.29 is 14.2 Å². The number of benzene rings is 2. The third kappa shape index (κ3) is 4.87. The van der Waals surface area contributed by atoms with Gasteiger partial charge >= 0.3 is 0 Å². The summed E-state index contributed by atoms with van der Waals surface area (Å²) in [6, 6.07) is 13.8. The Labute approximate surface area is 147 Å². The first-order chi connectivity index (χ1) is 12.2. The van der Waals surface area contributed by atoms with E-state index in [-0.39, 0.29) is 0 Å². The van der Waals surface area contributed by atoms with Gasteiger partial charge < -0.3 is 25.3 Å². The fraction of sp³-hybridized carbons (Fsp3) is 0.316. The van der Waals surface area contributed by atoms with Crippen LogP contribution < -0.4 is 20.5 Å². The van der Waals surface area contributed by atoms with Gasteiger partial charge in [0.05, 0.1) is 26.4 Å². The Kier molecular flexibility index (Phi) is 5.74. The second kappa shape index (κ2) is 8.39. The molecule has 2 aromatic rings. The maximum Gasteiger partial charge on any atom is 0.193 e. The summed E-state index contributed by atoms with van der Waals surface area (Å²) in [5.74, 6) is 1.84. The molecule has 0 aromatic heterocycles. The van der Waals surface area contributed by atoms with E-state index in [0.29, 0.717) is 32.3 Å². The molecule has 1 aliphatic rings. The van der Waals surface area contributed by atoms with Gasteiger partial charge in [-0.25, -0.2) is 4.99 Å². The number of rotatable bonds is 5. The number of fused-ring (bicyclic) bond motifs is 1. The topological polar surface area (TPSA) is 78.1 Å².